The first-order valence-electron chi connectivity index (χ1n) is 6.74. The standard InChI is InChI=1S/C14H22N2O2S/c1-19(17,18)15-10-14-8-5-9-16(12-14)11-13-6-3-2-4-7-13/h2-4,6-7,14-15H,5,8-12H2,1H3/t14-/m0/s1. The molecule has 1 fully saturated rings. The van der Waals surface area contributed by atoms with Gasteiger partial charge < -0.3 is 0 Å². The molecule has 1 heterocycles. The molecule has 0 aliphatic carbocycles. The molecule has 2 rings (SSSR count). The van der Waals surface area contributed by atoms with Crippen LogP contribution in [-0.2, 0) is 16.6 Å². The second kappa shape index (κ2) is 6.50. The maximum atomic E-state index is 11.1. The van der Waals surface area contributed by atoms with E-state index < -0.39 is 10.0 Å². The minimum atomic E-state index is -3.07. The van der Waals surface area contributed by atoms with Gasteiger partial charge in [-0.25, -0.2) is 13.1 Å². The first-order valence-corrected chi connectivity index (χ1v) is 8.63. The van der Waals surface area contributed by atoms with E-state index in [1.54, 1.807) is 0 Å². The molecule has 1 saturated heterocycles. The second-order valence-electron chi connectivity index (χ2n) is 5.35. The molecular weight excluding hydrogens is 260 g/mol. The Balaban J connectivity index is 1.84. The quantitative estimate of drug-likeness (QED) is 0.889. The Morgan fingerprint density at radius 2 is 2.05 bits per heavy atom. The lowest BCUT2D eigenvalue weighted by Crippen LogP contribution is -2.40. The molecule has 19 heavy (non-hydrogen) atoms. The summed E-state index contributed by atoms with van der Waals surface area (Å²) in [7, 11) is -3.07. The molecule has 0 amide bonds. The third-order valence-corrected chi connectivity index (χ3v) is 4.18. The summed E-state index contributed by atoms with van der Waals surface area (Å²) < 4.78 is 24.9. The Labute approximate surface area is 115 Å². The lowest BCUT2D eigenvalue weighted by atomic mass is 9.98. The highest BCUT2D eigenvalue weighted by Crippen LogP contribution is 2.18. The number of hydrogen-bond acceptors (Lipinski definition) is 3. The smallest absolute Gasteiger partial charge is 0.208 e. The van der Waals surface area contributed by atoms with Gasteiger partial charge in [0.2, 0.25) is 10.0 Å². The SMILES string of the molecule is CS(=O)(=O)NC[C@@H]1CCCN(Cc2ccccc2)C1. The van der Waals surface area contributed by atoms with Crippen molar-refractivity contribution in [1.29, 1.82) is 0 Å². The lowest BCUT2D eigenvalue weighted by Gasteiger charge is -2.32. The van der Waals surface area contributed by atoms with Gasteiger partial charge in [0, 0.05) is 19.6 Å². The molecule has 1 atom stereocenters. The fraction of sp³-hybridized carbons (Fsp3) is 0.571. The van der Waals surface area contributed by atoms with Gasteiger partial charge in [-0.1, -0.05) is 30.3 Å². The number of rotatable bonds is 5. The summed E-state index contributed by atoms with van der Waals surface area (Å²) in [5.74, 6) is 0.423. The van der Waals surface area contributed by atoms with E-state index in [-0.39, 0.29) is 0 Å². The monoisotopic (exact) mass is 282 g/mol. The average molecular weight is 282 g/mol. The summed E-state index contributed by atoms with van der Waals surface area (Å²) in [6.45, 7) is 3.59. The van der Waals surface area contributed by atoms with Crippen LogP contribution in [0.2, 0.25) is 0 Å². The Morgan fingerprint density at radius 1 is 1.32 bits per heavy atom. The molecule has 1 aromatic rings. The van der Waals surface area contributed by atoms with Crippen molar-refractivity contribution in [3.8, 4) is 0 Å². The molecule has 0 spiro atoms. The van der Waals surface area contributed by atoms with E-state index in [0.29, 0.717) is 12.5 Å². The van der Waals surface area contributed by atoms with Gasteiger partial charge in [-0.2, -0.15) is 0 Å². The summed E-state index contributed by atoms with van der Waals surface area (Å²) in [4.78, 5) is 2.41. The molecule has 0 aromatic heterocycles. The van der Waals surface area contributed by atoms with Crippen LogP contribution in [0.25, 0.3) is 0 Å². The molecule has 4 nitrogen and oxygen atoms in total. The first kappa shape index (κ1) is 14.5. The molecule has 1 aliphatic heterocycles. The molecular formula is C14H22N2O2S. The van der Waals surface area contributed by atoms with Crippen LogP contribution in [0.1, 0.15) is 18.4 Å². The highest BCUT2D eigenvalue weighted by atomic mass is 32.2. The molecule has 1 aliphatic rings. The number of nitrogens with one attached hydrogen (secondary N) is 1. The largest absolute Gasteiger partial charge is 0.299 e. The lowest BCUT2D eigenvalue weighted by molar-refractivity contribution is 0.169. The van der Waals surface area contributed by atoms with Crippen molar-refractivity contribution in [2.45, 2.75) is 19.4 Å². The number of benzene rings is 1. The molecule has 1 aromatic carbocycles. The topological polar surface area (TPSA) is 49.4 Å². The highest BCUT2D eigenvalue weighted by Gasteiger charge is 2.20. The fourth-order valence-electron chi connectivity index (χ4n) is 2.57. The van der Waals surface area contributed by atoms with Gasteiger partial charge in [0.15, 0.2) is 0 Å². The normalized spacial score (nSPS) is 21.4. The van der Waals surface area contributed by atoms with E-state index in [2.05, 4.69) is 33.9 Å². The van der Waals surface area contributed by atoms with Crippen molar-refractivity contribution in [3.05, 3.63) is 35.9 Å². The number of nitrogens with zero attached hydrogens (tertiary/aromatic N) is 1. The maximum Gasteiger partial charge on any atom is 0.208 e. The van der Waals surface area contributed by atoms with Crippen LogP contribution in [0, 0.1) is 5.92 Å². The molecule has 5 heteroatoms. The molecule has 1 N–H and O–H groups in total. The molecule has 0 bridgehead atoms. The zero-order valence-electron chi connectivity index (χ0n) is 11.4. The first-order chi connectivity index (χ1) is 9.03. The van der Waals surface area contributed by atoms with Crippen molar-refractivity contribution in [2.24, 2.45) is 5.92 Å². The predicted octanol–water partition coefficient (Wildman–Crippen LogP) is 1.45. The van der Waals surface area contributed by atoms with Gasteiger partial charge in [0.1, 0.15) is 0 Å². The predicted molar refractivity (Wildman–Crippen MR) is 77.3 cm³/mol. The minimum Gasteiger partial charge on any atom is -0.299 e. The van der Waals surface area contributed by atoms with Crippen LogP contribution < -0.4 is 4.72 Å². The van der Waals surface area contributed by atoms with Gasteiger partial charge in [0.25, 0.3) is 0 Å². The average Bonchev–Trinajstić information content (AvgIpc) is 2.37. The number of piperidine rings is 1. The van der Waals surface area contributed by atoms with E-state index in [0.717, 1.165) is 32.5 Å². The van der Waals surface area contributed by atoms with Crippen molar-refractivity contribution in [3.63, 3.8) is 0 Å². The second-order valence-corrected chi connectivity index (χ2v) is 7.18. The van der Waals surface area contributed by atoms with Gasteiger partial charge >= 0.3 is 0 Å². The van der Waals surface area contributed by atoms with Crippen molar-refractivity contribution < 1.29 is 8.42 Å². The van der Waals surface area contributed by atoms with Crippen LogP contribution in [-0.4, -0.2) is 39.2 Å². The van der Waals surface area contributed by atoms with Crippen molar-refractivity contribution in [1.82, 2.24) is 9.62 Å². The number of likely N-dealkylation sites (tertiary alicyclic amines) is 1. The van der Waals surface area contributed by atoms with E-state index in [4.69, 9.17) is 0 Å². The molecule has 0 unspecified atom stereocenters. The van der Waals surface area contributed by atoms with Gasteiger partial charge in [-0.3, -0.25) is 4.90 Å². The summed E-state index contributed by atoms with van der Waals surface area (Å²) in [5, 5.41) is 0. The summed E-state index contributed by atoms with van der Waals surface area (Å²) in [6.07, 6.45) is 3.47. The molecule has 0 saturated carbocycles. The summed E-state index contributed by atoms with van der Waals surface area (Å²) in [6, 6.07) is 10.4. The third-order valence-electron chi connectivity index (χ3n) is 3.49. The molecule has 106 valence electrons. The van der Waals surface area contributed by atoms with E-state index in [1.807, 2.05) is 6.07 Å². The van der Waals surface area contributed by atoms with Crippen LogP contribution in [0.15, 0.2) is 30.3 Å². The summed E-state index contributed by atoms with van der Waals surface area (Å²) >= 11 is 0. The van der Waals surface area contributed by atoms with Crippen LogP contribution >= 0.6 is 0 Å². The van der Waals surface area contributed by atoms with E-state index in [1.165, 1.54) is 11.8 Å². The van der Waals surface area contributed by atoms with Gasteiger partial charge in [0.05, 0.1) is 6.26 Å². The number of hydrogen-bond donors (Lipinski definition) is 1. The zero-order valence-corrected chi connectivity index (χ0v) is 12.2. The van der Waals surface area contributed by atoms with Gasteiger partial charge in [-0.05, 0) is 30.9 Å². The summed E-state index contributed by atoms with van der Waals surface area (Å²) in [5.41, 5.74) is 1.32. The minimum absolute atomic E-state index is 0.423. The van der Waals surface area contributed by atoms with Crippen molar-refractivity contribution in [2.75, 3.05) is 25.9 Å². The Kier molecular flexibility index (Phi) is 4.96. The number of sulfonamides is 1. The fourth-order valence-corrected chi connectivity index (χ4v) is 3.11. The Hall–Kier alpha value is -0.910. The van der Waals surface area contributed by atoms with E-state index in [9.17, 15) is 8.42 Å². The Morgan fingerprint density at radius 3 is 2.74 bits per heavy atom. The van der Waals surface area contributed by atoms with Crippen LogP contribution in [0.3, 0.4) is 0 Å². The van der Waals surface area contributed by atoms with Gasteiger partial charge in [-0.15, -0.1) is 0 Å². The van der Waals surface area contributed by atoms with Crippen molar-refractivity contribution >= 4 is 10.0 Å². The Bertz CT molecular complexity index is 487. The molecule has 0 radical (unpaired) electrons. The maximum absolute atomic E-state index is 11.1. The van der Waals surface area contributed by atoms with E-state index >= 15 is 0 Å². The highest BCUT2D eigenvalue weighted by molar-refractivity contribution is 7.88. The van der Waals surface area contributed by atoms with Crippen LogP contribution in [0.5, 0.6) is 0 Å². The zero-order chi connectivity index (χ0) is 13.7. The third kappa shape index (κ3) is 5.30. The van der Waals surface area contributed by atoms with Crippen LogP contribution in [0.4, 0.5) is 0 Å².